The van der Waals surface area contributed by atoms with Crippen LogP contribution in [0.15, 0.2) is 24.3 Å². The topological polar surface area (TPSA) is 49.9 Å². The van der Waals surface area contributed by atoms with Gasteiger partial charge in [0, 0.05) is 32.7 Å². The highest BCUT2D eigenvalue weighted by atomic mass is 16.5. The molecule has 2 saturated heterocycles. The summed E-state index contributed by atoms with van der Waals surface area (Å²) in [6.07, 6.45) is 2.98. The zero-order valence-corrected chi connectivity index (χ0v) is 14.7. The third-order valence-electron chi connectivity index (χ3n) is 5.20. The second-order valence-electron chi connectivity index (χ2n) is 7.22. The summed E-state index contributed by atoms with van der Waals surface area (Å²) in [7, 11) is 3.53. The molecule has 2 heterocycles. The van der Waals surface area contributed by atoms with Crippen molar-refractivity contribution in [2.75, 3.05) is 27.2 Å². The zero-order valence-electron chi connectivity index (χ0n) is 14.7. The smallest absolute Gasteiger partial charge is 0.253 e. The van der Waals surface area contributed by atoms with Crippen LogP contribution in [0.5, 0.6) is 0 Å². The molecule has 1 spiro atoms. The first-order valence-electron chi connectivity index (χ1n) is 8.65. The van der Waals surface area contributed by atoms with Gasteiger partial charge in [-0.1, -0.05) is 17.7 Å². The lowest BCUT2D eigenvalue weighted by molar-refractivity contribution is -0.148. The van der Waals surface area contributed by atoms with E-state index in [4.69, 9.17) is 4.74 Å². The molecule has 1 aromatic rings. The van der Waals surface area contributed by atoms with Crippen LogP contribution in [-0.4, -0.2) is 60.5 Å². The van der Waals surface area contributed by atoms with Gasteiger partial charge in [-0.3, -0.25) is 9.59 Å². The number of ether oxygens (including phenoxy) is 1. The summed E-state index contributed by atoms with van der Waals surface area (Å²) in [4.78, 5) is 28.2. The van der Waals surface area contributed by atoms with Gasteiger partial charge in [0.05, 0.1) is 5.60 Å². The van der Waals surface area contributed by atoms with Crippen LogP contribution in [0, 0.1) is 6.92 Å². The number of benzene rings is 1. The molecular weight excluding hydrogens is 304 g/mol. The first kappa shape index (κ1) is 17.0. The van der Waals surface area contributed by atoms with Gasteiger partial charge in [-0.05, 0) is 44.7 Å². The van der Waals surface area contributed by atoms with E-state index in [0.717, 1.165) is 36.8 Å². The number of piperidine rings is 1. The van der Waals surface area contributed by atoms with Crippen LogP contribution < -0.4 is 0 Å². The van der Waals surface area contributed by atoms with Crippen molar-refractivity contribution >= 4 is 11.8 Å². The maximum Gasteiger partial charge on any atom is 0.253 e. The summed E-state index contributed by atoms with van der Waals surface area (Å²) in [6, 6.07) is 7.73. The van der Waals surface area contributed by atoms with E-state index in [0.29, 0.717) is 13.1 Å². The Hall–Kier alpha value is -1.88. The van der Waals surface area contributed by atoms with Crippen LogP contribution in [0.1, 0.15) is 41.6 Å². The van der Waals surface area contributed by atoms with E-state index in [1.807, 2.05) is 36.1 Å². The van der Waals surface area contributed by atoms with E-state index in [1.165, 1.54) is 0 Å². The number of nitrogens with zero attached hydrogens (tertiary/aromatic N) is 2. The minimum atomic E-state index is -0.320. The Bertz CT molecular complexity index is 633. The lowest BCUT2D eigenvalue weighted by Gasteiger charge is -2.39. The van der Waals surface area contributed by atoms with Gasteiger partial charge < -0.3 is 14.5 Å². The fraction of sp³-hybridized carbons (Fsp3) is 0.579. The van der Waals surface area contributed by atoms with Gasteiger partial charge in [0.1, 0.15) is 6.10 Å². The van der Waals surface area contributed by atoms with Crippen LogP contribution in [0.25, 0.3) is 0 Å². The van der Waals surface area contributed by atoms with Crippen LogP contribution in [0.4, 0.5) is 0 Å². The molecule has 2 aliphatic heterocycles. The van der Waals surface area contributed by atoms with Gasteiger partial charge in [0.2, 0.25) is 0 Å². The number of aryl methyl sites for hydroxylation is 1. The van der Waals surface area contributed by atoms with Crippen molar-refractivity contribution in [3.63, 3.8) is 0 Å². The fourth-order valence-corrected chi connectivity index (χ4v) is 3.72. The summed E-state index contributed by atoms with van der Waals surface area (Å²) in [5.74, 6) is 0.137. The molecule has 0 saturated carbocycles. The highest BCUT2D eigenvalue weighted by Crippen LogP contribution is 2.39. The summed E-state index contributed by atoms with van der Waals surface area (Å²) < 4.78 is 6.14. The van der Waals surface area contributed by atoms with E-state index in [2.05, 4.69) is 0 Å². The second-order valence-corrected chi connectivity index (χ2v) is 7.22. The van der Waals surface area contributed by atoms with Crippen molar-refractivity contribution in [2.24, 2.45) is 0 Å². The lowest BCUT2D eigenvalue weighted by Crippen LogP contribution is -2.47. The zero-order chi connectivity index (χ0) is 17.3. The molecule has 0 aromatic heterocycles. The first-order valence-corrected chi connectivity index (χ1v) is 8.65. The maximum absolute atomic E-state index is 12.6. The SMILES string of the molecule is Cc1cccc(C(=O)N2CCC3(CCC(C(=O)N(C)C)O3)CC2)c1. The third-order valence-corrected chi connectivity index (χ3v) is 5.20. The molecule has 130 valence electrons. The van der Waals surface area contributed by atoms with Crippen LogP contribution in [0.3, 0.4) is 0 Å². The van der Waals surface area contributed by atoms with Crippen LogP contribution >= 0.6 is 0 Å². The fourth-order valence-electron chi connectivity index (χ4n) is 3.72. The standard InChI is InChI=1S/C19H26N2O3/c1-14-5-4-6-15(13-14)17(22)21-11-9-19(10-12-21)8-7-16(24-19)18(23)20(2)3/h4-6,13,16H,7-12H2,1-3H3. The maximum atomic E-state index is 12.6. The van der Waals surface area contributed by atoms with Gasteiger partial charge >= 0.3 is 0 Å². The second kappa shape index (κ2) is 6.55. The number of likely N-dealkylation sites (N-methyl/N-ethyl adjacent to an activating group) is 1. The average Bonchev–Trinajstić information content (AvgIpc) is 2.98. The van der Waals surface area contributed by atoms with Gasteiger partial charge in [-0.15, -0.1) is 0 Å². The number of carbonyl (C=O) groups is 2. The van der Waals surface area contributed by atoms with E-state index >= 15 is 0 Å². The molecule has 2 amide bonds. The summed E-state index contributed by atoms with van der Waals surface area (Å²) in [5.41, 5.74) is 1.62. The molecule has 1 aromatic carbocycles. The van der Waals surface area contributed by atoms with Crippen LogP contribution in [0.2, 0.25) is 0 Å². The van der Waals surface area contributed by atoms with Gasteiger partial charge in [0.15, 0.2) is 0 Å². The molecule has 2 fully saturated rings. The molecule has 24 heavy (non-hydrogen) atoms. The minimum Gasteiger partial charge on any atom is -0.362 e. The molecule has 5 nitrogen and oxygen atoms in total. The van der Waals surface area contributed by atoms with E-state index in [1.54, 1.807) is 19.0 Å². The Kier molecular flexibility index (Phi) is 4.63. The van der Waals surface area contributed by atoms with Gasteiger partial charge in [-0.25, -0.2) is 0 Å². The predicted octanol–water partition coefficient (Wildman–Crippen LogP) is 2.24. The summed E-state index contributed by atoms with van der Waals surface area (Å²) in [5, 5.41) is 0. The summed E-state index contributed by atoms with van der Waals surface area (Å²) >= 11 is 0. The minimum absolute atomic E-state index is 0.0464. The normalized spacial score (nSPS) is 22.6. The average molecular weight is 330 g/mol. The molecule has 0 bridgehead atoms. The number of hydrogen-bond acceptors (Lipinski definition) is 3. The molecule has 1 unspecified atom stereocenters. The van der Waals surface area contributed by atoms with Crippen molar-refractivity contribution in [2.45, 2.75) is 44.3 Å². The first-order chi connectivity index (χ1) is 11.4. The molecular formula is C19H26N2O3. The Labute approximate surface area is 143 Å². The third kappa shape index (κ3) is 3.31. The van der Waals surface area contributed by atoms with Crippen molar-refractivity contribution in [1.82, 2.24) is 9.80 Å². The Morgan fingerprint density at radius 3 is 2.54 bits per heavy atom. The van der Waals surface area contributed by atoms with E-state index < -0.39 is 0 Å². The molecule has 1 atom stereocenters. The molecule has 0 N–H and O–H groups in total. The molecule has 2 aliphatic rings. The monoisotopic (exact) mass is 330 g/mol. The van der Waals surface area contributed by atoms with E-state index in [-0.39, 0.29) is 23.5 Å². The number of amides is 2. The molecule has 0 aliphatic carbocycles. The lowest BCUT2D eigenvalue weighted by atomic mass is 9.88. The van der Waals surface area contributed by atoms with Crippen molar-refractivity contribution in [3.05, 3.63) is 35.4 Å². The quantitative estimate of drug-likeness (QED) is 0.835. The molecule has 3 rings (SSSR count). The Balaban J connectivity index is 1.60. The number of likely N-dealkylation sites (tertiary alicyclic amines) is 1. The highest BCUT2D eigenvalue weighted by Gasteiger charge is 2.45. The Morgan fingerprint density at radius 2 is 1.92 bits per heavy atom. The van der Waals surface area contributed by atoms with Crippen molar-refractivity contribution in [1.29, 1.82) is 0 Å². The van der Waals surface area contributed by atoms with Gasteiger partial charge in [0.25, 0.3) is 11.8 Å². The molecule has 0 radical (unpaired) electrons. The van der Waals surface area contributed by atoms with Crippen LogP contribution in [-0.2, 0) is 9.53 Å². The largest absolute Gasteiger partial charge is 0.362 e. The predicted molar refractivity (Wildman–Crippen MR) is 91.8 cm³/mol. The number of carbonyl (C=O) groups excluding carboxylic acids is 2. The summed E-state index contributed by atoms with van der Waals surface area (Å²) in [6.45, 7) is 3.38. The Morgan fingerprint density at radius 1 is 1.21 bits per heavy atom. The van der Waals surface area contributed by atoms with Gasteiger partial charge in [-0.2, -0.15) is 0 Å². The van der Waals surface area contributed by atoms with Crippen molar-refractivity contribution < 1.29 is 14.3 Å². The highest BCUT2D eigenvalue weighted by molar-refractivity contribution is 5.94. The number of hydrogen-bond donors (Lipinski definition) is 0. The number of rotatable bonds is 2. The van der Waals surface area contributed by atoms with E-state index in [9.17, 15) is 9.59 Å². The molecule has 5 heteroatoms. The van der Waals surface area contributed by atoms with Crippen molar-refractivity contribution in [3.8, 4) is 0 Å².